The Balaban J connectivity index is 2.35. The van der Waals surface area contributed by atoms with E-state index in [1.54, 1.807) is 24.3 Å². The third-order valence-electron chi connectivity index (χ3n) is 2.76. The Kier molecular flexibility index (Phi) is 3.88. The van der Waals surface area contributed by atoms with Crippen LogP contribution in [0.5, 0.6) is 5.75 Å². The first-order valence-corrected chi connectivity index (χ1v) is 5.82. The minimum Gasteiger partial charge on any atom is -0.497 e. The number of hydrogen-bond donors (Lipinski definition) is 1. The Morgan fingerprint density at radius 2 is 1.95 bits per heavy atom. The first kappa shape index (κ1) is 14.9. The van der Waals surface area contributed by atoms with E-state index < -0.39 is 23.7 Å². The lowest BCUT2D eigenvalue weighted by atomic mass is 10.2. The number of carboxylic acid groups (broad SMARTS) is 1. The summed E-state index contributed by atoms with van der Waals surface area (Å²) in [5.41, 5.74) is -0.0773. The second-order valence-corrected chi connectivity index (χ2v) is 4.23. The Morgan fingerprint density at radius 3 is 2.43 bits per heavy atom. The van der Waals surface area contributed by atoms with Crippen LogP contribution in [-0.4, -0.2) is 27.7 Å². The zero-order chi connectivity index (χ0) is 15.6. The summed E-state index contributed by atoms with van der Waals surface area (Å²) in [6, 6.07) is 6.41. The number of rotatable bonds is 4. The van der Waals surface area contributed by atoms with Crippen LogP contribution in [0.15, 0.2) is 30.5 Å². The quantitative estimate of drug-likeness (QED) is 0.943. The highest BCUT2D eigenvalue weighted by Crippen LogP contribution is 2.29. The molecule has 0 saturated heterocycles. The minimum absolute atomic E-state index is 0.140. The predicted molar refractivity (Wildman–Crippen MR) is 66.3 cm³/mol. The summed E-state index contributed by atoms with van der Waals surface area (Å²) >= 11 is 0. The number of imidazole rings is 1. The lowest BCUT2D eigenvalue weighted by molar-refractivity contribution is -0.147. The van der Waals surface area contributed by atoms with Crippen LogP contribution in [0.3, 0.4) is 0 Å². The lowest BCUT2D eigenvalue weighted by Gasteiger charge is -2.10. The van der Waals surface area contributed by atoms with Crippen molar-refractivity contribution in [1.29, 1.82) is 0 Å². The van der Waals surface area contributed by atoms with Gasteiger partial charge >= 0.3 is 12.1 Å². The van der Waals surface area contributed by atoms with Crippen molar-refractivity contribution in [3.63, 3.8) is 0 Å². The Labute approximate surface area is 117 Å². The molecule has 5 nitrogen and oxygen atoms in total. The summed E-state index contributed by atoms with van der Waals surface area (Å²) in [7, 11) is 1.48. The van der Waals surface area contributed by atoms with Crippen LogP contribution in [0, 0.1) is 0 Å². The largest absolute Gasteiger partial charge is 0.497 e. The molecule has 0 aliphatic carbocycles. The molecule has 0 fully saturated rings. The van der Waals surface area contributed by atoms with E-state index in [-0.39, 0.29) is 6.54 Å². The maximum Gasteiger partial charge on any atom is 0.449 e. The van der Waals surface area contributed by atoms with Crippen molar-refractivity contribution < 1.29 is 27.8 Å². The average Bonchev–Trinajstić information content (AvgIpc) is 2.84. The fourth-order valence-electron chi connectivity index (χ4n) is 1.79. The standard InChI is InChI=1S/C13H11F3N2O3/c1-21-9-4-2-8(3-5-9)6-18-7-10(11(19)20)17-12(18)13(14,15)16/h2-5,7H,6H2,1H3,(H,19,20). The number of hydrogen-bond acceptors (Lipinski definition) is 3. The molecule has 0 amide bonds. The van der Waals surface area contributed by atoms with Gasteiger partial charge in [0.25, 0.3) is 0 Å². The highest BCUT2D eigenvalue weighted by atomic mass is 19.4. The van der Waals surface area contributed by atoms with Crippen molar-refractivity contribution in [2.24, 2.45) is 0 Å². The van der Waals surface area contributed by atoms with Gasteiger partial charge in [0.15, 0.2) is 5.69 Å². The van der Waals surface area contributed by atoms with E-state index in [0.717, 1.165) is 10.8 Å². The molecule has 0 bridgehead atoms. The number of aromatic nitrogens is 2. The third kappa shape index (κ3) is 3.33. The molecular weight excluding hydrogens is 289 g/mol. The number of alkyl halides is 3. The SMILES string of the molecule is COc1ccc(Cn2cc(C(=O)O)nc2C(F)(F)F)cc1. The summed E-state index contributed by atoms with van der Waals surface area (Å²) in [4.78, 5) is 13.9. The van der Waals surface area contributed by atoms with E-state index in [1.807, 2.05) is 0 Å². The Hall–Kier alpha value is -2.51. The van der Waals surface area contributed by atoms with Crippen LogP contribution < -0.4 is 4.74 Å². The number of nitrogens with zero attached hydrogens (tertiary/aromatic N) is 2. The Morgan fingerprint density at radius 1 is 1.33 bits per heavy atom. The molecule has 2 rings (SSSR count). The fraction of sp³-hybridized carbons (Fsp3) is 0.231. The molecular formula is C13H11F3N2O3. The van der Waals surface area contributed by atoms with E-state index in [4.69, 9.17) is 9.84 Å². The van der Waals surface area contributed by atoms with E-state index in [9.17, 15) is 18.0 Å². The summed E-state index contributed by atoms with van der Waals surface area (Å²) in [5, 5.41) is 8.76. The number of ether oxygens (including phenoxy) is 1. The van der Waals surface area contributed by atoms with Crippen molar-refractivity contribution >= 4 is 5.97 Å². The molecule has 8 heteroatoms. The summed E-state index contributed by atoms with van der Waals surface area (Å²) in [6.45, 7) is -0.140. The van der Waals surface area contributed by atoms with Crippen LogP contribution in [0.1, 0.15) is 21.9 Å². The van der Waals surface area contributed by atoms with Crippen molar-refractivity contribution in [2.75, 3.05) is 7.11 Å². The number of carbonyl (C=O) groups is 1. The number of carboxylic acids is 1. The Bertz CT molecular complexity index is 648. The smallest absolute Gasteiger partial charge is 0.449 e. The first-order chi connectivity index (χ1) is 9.81. The zero-order valence-electron chi connectivity index (χ0n) is 10.9. The molecule has 0 spiro atoms. The highest BCUT2D eigenvalue weighted by molar-refractivity contribution is 5.85. The molecule has 1 aromatic carbocycles. The molecule has 0 atom stereocenters. The second kappa shape index (κ2) is 5.47. The number of methoxy groups -OCH3 is 1. The number of benzene rings is 1. The highest BCUT2D eigenvalue weighted by Gasteiger charge is 2.37. The molecule has 1 heterocycles. The van der Waals surface area contributed by atoms with Gasteiger partial charge < -0.3 is 14.4 Å². The normalized spacial score (nSPS) is 11.4. The number of halogens is 3. The first-order valence-electron chi connectivity index (χ1n) is 5.82. The average molecular weight is 300 g/mol. The summed E-state index contributed by atoms with van der Waals surface area (Å²) in [5.74, 6) is -2.17. The van der Waals surface area contributed by atoms with Gasteiger partial charge in [-0.15, -0.1) is 0 Å². The van der Waals surface area contributed by atoms with Crippen LogP contribution in [0.2, 0.25) is 0 Å². The van der Waals surface area contributed by atoms with Gasteiger partial charge in [-0.1, -0.05) is 12.1 Å². The summed E-state index contributed by atoms with van der Waals surface area (Å²) in [6.07, 6.45) is -3.85. The predicted octanol–water partition coefficient (Wildman–Crippen LogP) is 2.66. The van der Waals surface area contributed by atoms with Gasteiger partial charge in [-0.3, -0.25) is 0 Å². The van der Waals surface area contributed by atoms with E-state index in [0.29, 0.717) is 11.3 Å². The van der Waals surface area contributed by atoms with Gasteiger partial charge in [0.2, 0.25) is 5.82 Å². The minimum atomic E-state index is -4.72. The lowest BCUT2D eigenvalue weighted by Crippen LogP contribution is -2.15. The fourth-order valence-corrected chi connectivity index (χ4v) is 1.79. The molecule has 2 aromatic rings. The van der Waals surface area contributed by atoms with Crippen LogP contribution >= 0.6 is 0 Å². The van der Waals surface area contributed by atoms with Crippen molar-refractivity contribution in [3.8, 4) is 5.75 Å². The van der Waals surface area contributed by atoms with Gasteiger partial charge in [-0.25, -0.2) is 9.78 Å². The van der Waals surface area contributed by atoms with E-state index in [1.165, 1.54) is 7.11 Å². The molecule has 1 aromatic heterocycles. The monoisotopic (exact) mass is 300 g/mol. The van der Waals surface area contributed by atoms with Crippen LogP contribution in [-0.2, 0) is 12.7 Å². The van der Waals surface area contributed by atoms with Gasteiger partial charge in [-0.2, -0.15) is 13.2 Å². The third-order valence-corrected chi connectivity index (χ3v) is 2.76. The van der Waals surface area contributed by atoms with Gasteiger partial charge in [0.1, 0.15) is 5.75 Å². The van der Waals surface area contributed by atoms with Gasteiger partial charge in [0.05, 0.1) is 7.11 Å². The molecule has 0 radical (unpaired) electrons. The van der Waals surface area contributed by atoms with Crippen molar-refractivity contribution in [2.45, 2.75) is 12.7 Å². The molecule has 0 saturated carbocycles. The molecule has 112 valence electrons. The molecule has 0 aliphatic heterocycles. The summed E-state index contributed by atoms with van der Waals surface area (Å²) < 4.78 is 44.3. The number of aromatic carboxylic acids is 1. The molecule has 1 N–H and O–H groups in total. The maximum atomic E-state index is 12.9. The van der Waals surface area contributed by atoms with Crippen LogP contribution in [0.25, 0.3) is 0 Å². The molecule has 0 unspecified atom stereocenters. The zero-order valence-corrected chi connectivity index (χ0v) is 10.9. The van der Waals surface area contributed by atoms with Gasteiger partial charge in [-0.05, 0) is 17.7 Å². The molecule has 21 heavy (non-hydrogen) atoms. The topological polar surface area (TPSA) is 64.3 Å². The molecule has 0 aliphatic rings. The second-order valence-electron chi connectivity index (χ2n) is 4.23. The van der Waals surface area contributed by atoms with E-state index >= 15 is 0 Å². The van der Waals surface area contributed by atoms with Crippen LogP contribution in [0.4, 0.5) is 13.2 Å². The van der Waals surface area contributed by atoms with Crippen molar-refractivity contribution in [1.82, 2.24) is 9.55 Å². The van der Waals surface area contributed by atoms with Crippen molar-refractivity contribution in [3.05, 3.63) is 47.5 Å². The van der Waals surface area contributed by atoms with Gasteiger partial charge in [0, 0.05) is 12.7 Å². The van der Waals surface area contributed by atoms with E-state index in [2.05, 4.69) is 4.98 Å². The maximum absolute atomic E-state index is 12.9.